The maximum Gasteiger partial charge on any atom is 0.141 e. The van der Waals surface area contributed by atoms with Crippen molar-refractivity contribution >= 4 is 70.4 Å². The van der Waals surface area contributed by atoms with E-state index in [-0.39, 0.29) is 5.41 Å². The lowest BCUT2D eigenvalue weighted by Crippen LogP contribution is -2.96. The molecule has 60 heavy (non-hydrogen) atoms. The molecular formula is C57H41N2S+. The van der Waals surface area contributed by atoms with Gasteiger partial charge >= 0.3 is 0 Å². The standard InChI is InChI=1S/C57H40N2S/c1-57(2)51-20-9-6-15-45(51)46-33-32-43(36-52(46)57)58(42-30-25-38(26-31-42)44-18-12-19-49-48-17-8-11-22-55(48)60-56(44)49)41-28-23-37(24-29-41)39-27-34-54-50(35-39)47-16-7-10-21-53(47)59(54)40-13-4-3-5-14-40/h3-36H,1-2H3/p+1. The molecule has 1 N–H and O–H groups in total. The lowest BCUT2D eigenvalue weighted by atomic mass is 9.82. The van der Waals surface area contributed by atoms with Crippen molar-refractivity contribution in [3.63, 3.8) is 0 Å². The fraction of sp³-hybridized carbons (Fsp3) is 0.0526. The second-order valence-corrected chi connectivity index (χ2v) is 17.7. The van der Waals surface area contributed by atoms with Crippen molar-refractivity contribution < 1.29 is 4.90 Å². The zero-order chi connectivity index (χ0) is 40.0. The predicted molar refractivity (Wildman–Crippen MR) is 255 cm³/mol. The number of para-hydroxylation sites is 2. The third-order valence-corrected chi connectivity index (χ3v) is 14.2. The van der Waals surface area contributed by atoms with E-state index in [2.05, 4.69) is 225 Å². The van der Waals surface area contributed by atoms with Crippen LogP contribution in [0.2, 0.25) is 0 Å². The quantitative estimate of drug-likeness (QED) is 0.172. The van der Waals surface area contributed by atoms with Gasteiger partial charge in [0.1, 0.15) is 17.1 Å². The van der Waals surface area contributed by atoms with E-state index in [1.54, 1.807) is 0 Å². The van der Waals surface area contributed by atoms with Gasteiger partial charge in [0, 0.05) is 78.4 Å². The number of aromatic nitrogens is 1. The normalized spacial score (nSPS) is 13.6. The van der Waals surface area contributed by atoms with Crippen LogP contribution in [0.25, 0.3) is 81.0 Å². The van der Waals surface area contributed by atoms with Crippen LogP contribution < -0.4 is 4.90 Å². The van der Waals surface area contributed by atoms with Gasteiger partial charge in [-0.05, 0) is 111 Å². The van der Waals surface area contributed by atoms with Gasteiger partial charge in [0.15, 0.2) is 0 Å². The fourth-order valence-corrected chi connectivity index (χ4v) is 11.2. The molecule has 12 rings (SSSR count). The second kappa shape index (κ2) is 13.5. The first kappa shape index (κ1) is 35.0. The average molecular weight is 786 g/mol. The second-order valence-electron chi connectivity index (χ2n) is 16.7. The SMILES string of the molecule is CC1(C)c2ccccc2-c2ccc([NH+](c3ccc(-c4ccc5c(c4)c4ccccc4n5-c4ccccc4)cc3)c3ccc(-c4cccc5c4sc4ccccc45)cc3)cc21. The largest absolute Gasteiger partial charge is 0.309 e. The number of hydrogen-bond acceptors (Lipinski definition) is 1. The molecule has 0 radical (unpaired) electrons. The first-order chi connectivity index (χ1) is 29.5. The summed E-state index contributed by atoms with van der Waals surface area (Å²) in [5, 5.41) is 5.18. The minimum absolute atomic E-state index is 0.0913. The van der Waals surface area contributed by atoms with E-state index in [4.69, 9.17) is 0 Å². The van der Waals surface area contributed by atoms with E-state index in [0.717, 1.165) is 0 Å². The van der Waals surface area contributed by atoms with Crippen LogP contribution in [0.4, 0.5) is 17.1 Å². The molecule has 0 fully saturated rings. The molecule has 1 atom stereocenters. The van der Waals surface area contributed by atoms with E-state index in [1.807, 2.05) is 11.3 Å². The van der Waals surface area contributed by atoms with E-state index in [0.29, 0.717) is 0 Å². The van der Waals surface area contributed by atoms with Crippen LogP contribution in [0.3, 0.4) is 0 Å². The maximum atomic E-state index is 2.46. The molecule has 0 spiro atoms. The Bertz CT molecular complexity index is 3440. The smallest absolute Gasteiger partial charge is 0.141 e. The fourth-order valence-electron chi connectivity index (χ4n) is 9.99. The third-order valence-electron chi connectivity index (χ3n) is 13.0. The minimum atomic E-state index is -0.0913. The zero-order valence-corrected chi connectivity index (χ0v) is 34.3. The lowest BCUT2D eigenvalue weighted by molar-refractivity contribution is -0.681. The predicted octanol–water partition coefficient (Wildman–Crippen LogP) is 15.0. The van der Waals surface area contributed by atoms with Crippen LogP contribution in [0.5, 0.6) is 0 Å². The molecule has 0 saturated carbocycles. The van der Waals surface area contributed by atoms with Crippen molar-refractivity contribution in [2.75, 3.05) is 0 Å². The Balaban J connectivity index is 0.964. The summed E-state index contributed by atoms with van der Waals surface area (Å²) < 4.78 is 5.05. The highest BCUT2D eigenvalue weighted by Crippen LogP contribution is 2.49. The molecular weight excluding hydrogens is 745 g/mol. The highest BCUT2D eigenvalue weighted by atomic mass is 32.1. The number of nitrogens with one attached hydrogen (secondary N) is 1. The summed E-state index contributed by atoms with van der Waals surface area (Å²) in [7, 11) is 0. The molecule has 0 aliphatic heterocycles. The monoisotopic (exact) mass is 785 g/mol. The van der Waals surface area contributed by atoms with Crippen molar-refractivity contribution in [1.29, 1.82) is 0 Å². The van der Waals surface area contributed by atoms with Gasteiger partial charge in [-0.2, -0.15) is 0 Å². The van der Waals surface area contributed by atoms with Crippen LogP contribution in [0.15, 0.2) is 206 Å². The van der Waals surface area contributed by atoms with Gasteiger partial charge in [0.25, 0.3) is 0 Å². The number of benzene rings is 9. The van der Waals surface area contributed by atoms with Gasteiger partial charge in [-0.25, -0.2) is 4.90 Å². The molecule has 284 valence electrons. The van der Waals surface area contributed by atoms with Crippen LogP contribution in [0.1, 0.15) is 25.0 Å². The summed E-state index contributed by atoms with van der Waals surface area (Å²) in [6, 6.07) is 76.4. The topological polar surface area (TPSA) is 9.37 Å². The number of nitrogens with zero attached hydrogens (tertiary/aromatic N) is 1. The Hall–Kier alpha value is -7.04. The molecule has 1 aliphatic rings. The molecule has 0 saturated heterocycles. The molecule has 2 aromatic heterocycles. The zero-order valence-electron chi connectivity index (χ0n) is 33.5. The number of fused-ring (bicyclic) bond motifs is 9. The summed E-state index contributed by atoms with van der Waals surface area (Å²) >= 11 is 1.89. The molecule has 2 nitrogen and oxygen atoms in total. The summed E-state index contributed by atoms with van der Waals surface area (Å²) in [6.07, 6.45) is 0. The van der Waals surface area contributed by atoms with Gasteiger partial charge < -0.3 is 4.57 Å². The molecule has 11 aromatic rings. The van der Waals surface area contributed by atoms with Gasteiger partial charge in [0.05, 0.1) is 11.0 Å². The molecule has 0 amide bonds. The number of quaternary nitrogens is 1. The summed E-state index contributed by atoms with van der Waals surface area (Å²) in [4.78, 5) is 1.24. The van der Waals surface area contributed by atoms with Gasteiger partial charge in [-0.15, -0.1) is 11.3 Å². The Morgan fingerprint density at radius 2 is 1.00 bits per heavy atom. The number of thiophene rings is 1. The van der Waals surface area contributed by atoms with Crippen molar-refractivity contribution in [1.82, 2.24) is 4.57 Å². The van der Waals surface area contributed by atoms with Crippen LogP contribution in [-0.2, 0) is 5.41 Å². The molecule has 0 bridgehead atoms. The third kappa shape index (κ3) is 5.37. The summed E-state index contributed by atoms with van der Waals surface area (Å²) in [5.74, 6) is 0. The van der Waals surface area contributed by atoms with Crippen molar-refractivity contribution in [3.05, 3.63) is 217 Å². The maximum absolute atomic E-state index is 2.46. The van der Waals surface area contributed by atoms with Gasteiger partial charge in [0.2, 0.25) is 0 Å². The summed E-state index contributed by atoms with van der Waals surface area (Å²) in [5.41, 5.74) is 17.6. The molecule has 1 aliphatic carbocycles. The van der Waals surface area contributed by atoms with Crippen LogP contribution >= 0.6 is 11.3 Å². The molecule has 2 heterocycles. The highest BCUT2D eigenvalue weighted by molar-refractivity contribution is 7.26. The first-order valence-electron chi connectivity index (χ1n) is 20.8. The molecule has 1 unspecified atom stereocenters. The molecule has 3 heteroatoms. The Kier molecular flexibility index (Phi) is 7.87. The first-order valence-corrected chi connectivity index (χ1v) is 21.7. The number of rotatable bonds is 6. The Labute approximate surface area is 353 Å². The molecule has 9 aromatic carbocycles. The number of hydrogen-bond donors (Lipinski definition) is 1. The Morgan fingerprint density at radius 3 is 1.82 bits per heavy atom. The minimum Gasteiger partial charge on any atom is -0.309 e. The van der Waals surface area contributed by atoms with Crippen molar-refractivity contribution in [2.24, 2.45) is 0 Å². The van der Waals surface area contributed by atoms with E-state index < -0.39 is 0 Å². The summed E-state index contributed by atoms with van der Waals surface area (Å²) in [6.45, 7) is 4.74. The van der Waals surface area contributed by atoms with E-state index >= 15 is 0 Å². The van der Waals surface area contributed by atoms with Gasteiger partial charge in [-0.3, -0.25) is 0 Å². The van der Waals surface area contributed by atoms with Crippen LogP contribution in [-0.4, -0.2) is 4.57 Å². The highest BCUT2D eigenvalue weighted by Gasteiger charge is 2.36. The lowest BCUT2D eigenvalue weighted by Gasteiger charge is -2.24. The van der Waals surface area contributed by atoms with Crippen LogP contribution in [0, 0.1) is 0 Å². The van der Waals surface area contributed by atoms with Crippen molar-refractivity contribution in [3.8, 4) is 39.1 Å². The Morgan fingerprint density at radius 1 is 0.400 bits per heavy atom. The average Bonchev–Trinajstić information content (AvgIpc) is 3.92. The van der Waals surface area contributed by atoms with Gasteiger partial charge in [-0.1, -0.05) is 117 Å². The van der Waals surface area contributed by atoms with E-state index in [1.165, 1.54) is 114 Å². The van der Waals surface area contributed by atoms with Crippen molar-refractivity contribution in [2.45, 2.75) is 19.3 Å². The van der Waals surface area contributed by atoms with E-state index in [9.17, 15) is 0 Å².